The van der Waals surface area contributed by atoms with E-state index in [-0.39, 0.29) is 0 Å². The second kappa shape index (κ2) is 5.24. The lowest BCUT2D eigenvalue weighted by Gasteiger charge is -2.06. The Hall–Kier alpha value is -1.51. The zero-order chi connectivity index (χ0) is 13.2. The number of ether oxygens (including phenoxy) is 1. The van der Waals surface area contributed by atoms with Gasteiger partial charge in [-0.3, -0.25) is 0 Å². The molecule has 1 aromatic heterocycles. The molecule has 1 nitrogen and oxygen atoms in total. The first-order valence-corrected chi connectivity index (χ1v) is 7.29. The molecule has 96 valence electrons. The SMILES string of the molecule is Cc1ccccc1OCc1cc2c(Cl)cccc2s1. The predicted molar refractivity (Wildman–Crippen MR) is 82.3 cm³/mol. The Labute approximate surface area is 121 Å². The van der Waals surface area contributed by atoms with E-state index in [1.54, 1.807) is 11.3 Å². The van der Waals surface area contributed by atoms with Crippen LogP contribution in [0.4, 0.5) is 0 Å². The Morgan fingerprint density at radius 1 is 1.11 bits per heavy atom. The third-order valence-electron chi connectivity index (χ3n) is 3.02. The van der Waals surface area contributed by atoms with Crippen LogP contribution in [0.5, 0.6) is 5.75 Å². The molecule has 1 heterocycles. The maximum absolute atomic E-state index is 6.18. The summed E-state index contributed by atoms with van der Waals surface area (Å²) in [7, 11) is 0. The largest absolute Gasteiger partial charge is 0.488 e. The molecular formula is C16H13ClOS. The average Bonchev–Trinajstić information content (AvgIpc) is 2.82. The van der Waals surface area contributed by atoms with Crippen molar-refractivity contribution in [3.8, 4) is 5.75 Å². The first-order valence-electron chi connectivity index (χ1n) is 6.09. The molecule has 0 spiro atoms. The second-order valence-corrected chi connectivity index (χ2v) is 5.99. The molecule has 3 heteroatoms. The first kappa shape index (κ1) is 12.5. The summed E-state index contributed by atoms with van der Waals surface area (Å²) in [4.78, 5) is 1.19. The fourth-order valence-corrected chi connectivity index (χ4v) is 3.30. The van der Waals surface area contributed by atoms with Crippen LogP contribution < -0.4 is 4.74 Å². The molecule has 0 bridgehead atoms. The summed E-state index contributed by atoms with van der Waals surface area (Å²) in [6, 6.07) is 16.2. The highest BCUT2D eigenvalue weighted by Crippen LogP contribution is 2.31. The maximum atomic E-state index is 6.18. The molecule has 0 saturated heterocycles. The van der Waals surface area contributed by atoms with Crippen molar-refractivity contribution in [3.05, 3.63) is 64.0 Å². The van der Waals surface area contributed by atoms with Crippen molar-refractivity contribution in [2.45, 2.75) is 13.5 Å². The zero-order valence-corrected chi connectivity index (χ0v) is 12.1. The van der Waals surface area contributed by atoms with Gasteiger partial charge in [0.05, 0.1) is 0 Å². The summed E-state index contributed by atoms with van der Waals surface area (Å²) >= 11 is 7.91. The Kier molecular flexibility index (Phi) is 3.45. The molecule has 0 radical (unpaired) electrons. The van der Waals surface area contributed by atoms with Crippen molar-refractivity contribution in [3.63, 3.8) is 0 Å². The molecule has 3 rings (SSSR count). The van der Waals surface area contributed by atoms with Crippen LogP contribution in [0.1, 0.15) is 10.4 Å². The Balaban J connectivity index is 1.83. The number of hydrogen-bond donors (Lipinski definition) is 0. The molecule has 0 saturated carbocycles. The minimum atomic E-state index is 0.584. The van der Waals surface area contributed by atoms with E-state index in [2.05, 4.69) is 25.1 Å². The summed E-state index contributed by atoms with van der Waals surface area (Å²) in [6.07, 6.45) is 0. The zero-order valence-electron chi connectivity index (χ0n) is 10.5. The third kappa shape index (κ3) is 2.60. The lowest BCUT2D eigenvalue weighted by atomic mass is 10.2. The normalized spacial score (nSPS) is 10.8. The molecule has 0 N–H and O–H groups in total. The van der Waals surface area contributed by atoms with Gasteiger partial charge in [0.25, 0.3) is 0 Å². The van der Waals surface area contributed by atoms with E-state index in [1.807, 2.05) is 30.3 Å². The summed E-state index contributed by atoms with van der Waals surface area (Å²) in [5.41, 5.74) is 1.15. The molecule has 2 aromatic carbocycles. The lowest BCUT2D eigenvalue weighted by molar-refractivity contribution is 0.308. The van der Waals surface area contributed by atoms with Gasteiger partial charge in [-0.15, -0.1) is 11.3 Å². The van der Waals surface area contributed by atoms with Crippen molar-refractivity contribution < 1.29 is 4.74 Å². The molecular weight excluding hydrogens is 276 g/mol. The van der Waals surface area contributed by atoms with Gasteiger partial charge in [-0.05, 0) is 36.8 Å². The standard InChI is InChI=1S/C16H13ClOS/c1-11-5-2-3-7-15(11)18-10-12-9-13-14(17)6-4-8-16(13)19-12/h2-9H,10H2,1H3. The number of rotatable bonds is 3. The quantitative estimate of drug-likeness (QED) is 0.623. The monoisotopic (exact) mass is 288 g/mol. The molecule has 19 heavy (non-hydrogen) atoms. The molecule has 0 fully saturated rings. The number of hydrogen-bond acceptors (Lipinski definition) is 2. The van der Waals surface area contributed by atoms with E-state index in [0.717, 1.165) is 21.7 Å². The van der Waals surface area contributed by atoms with Crippen LogP contribution >= 0.6 is 22.9 Å². The number of benzene rings is 2. The van der Waals surface area contributed by atoms with E-state index < -0.39 is 0 Å². The van der Waals surface area contributed by atoms with Crippen molar-refractivity contribution in [1.82, 2.24) is 0 Å². The number of aryl methyl sites for hydroxylation is 1. The highest BCUT2D eigenvalue weighted by molar-refractivity contribution is 7.19. The van der Waals surface area contributed by atoms with Crippen molar-refractivity contribution >= 4 is 33.0 Å². The van der Waals surface area contributed by atoms with Crippen LogP contribution in [-0.2, 0) is 6.61 Å². The number of halogens is 1. The highest BCUT2D eigenvalue weighted by Gasteiger charge is 2.06. The van der Waals surface area contributed by atoms with Gasteiger partial charge in [0.2, 0.25) is 0 Å². The van der Waals surface area contributed by atoms with Gasteiger partial charge in [0, 0.05) is 20.0 Å². The molecule has 0 aliphatic rings. The molecule has 0 atom stereocenters. The van der Waals surface area contributed by atoms with Gasteiger partial charge in [-0.2, -0.15) is 0 Å². The summed E-state index contributed by atoms with van der Waals surface area (Å²) in [5.74, 6) is 0.936. The van der Waals surface area contributed by atoms with Crippen molar-refractivity contribution in [2.24, 2.45) is 0 Å². The van der Waals surface area contributed by atoms with E-state index >= 15 is 0 Å². The summed E-state index contributed by atoms with van der Waals surface area (Å²) < 4.78 is 7.06. The van der Waals surface area contributed by atoms with Gasteiger partial charge in [-0.1, -0.05) is 35.9 Å². The molecule has 0 aliphatic carbocycles. The molecule has 0 amide bonds. The highest BCUT2D eigenvalue weighted by atomic mass is 35.5. The topological polar surface area (TPSA) is 9.23 Å². The second-order valence-electron chi connectivity index (χ2n) is 4.42. The van der Waals surface area contributed by atoms with Gasteiger partial charge < -0.3 is 4.74 Å². The van der Waals surface area contributed by atoms with Crippen LogP contribution in [0.2, 0.25) is 5.02 Å². The Bertz CT molecular complexity index is 718. The third-order valence-corrected chi connectivity index (χ3v) is 4.43. The fourth-order valence-electron chi connectivity index (χ4n) is 2.02. The minimum absolute atomic E-state index is 0.584. The van der Waals surface area contributed by atoms with Crippen LogP contribution in [0, 0.1) is 6.92 Å². The predicted octanol–water partition coefficient (Wildman–Crippen LogP) is 5.44. The van der Waals surface area contributed by atoms with Crippen LogP contribution in [0.15, 0.2) is 48.5 Å². The van der Waals surface area contributed by atoms with E-state index in [1.165, 1.54) is 9.58 Å². The fraction of sp³-hybridized carbons (Fsp3) is 0.125. The van der Waals surface area contributed by atoms with E-state index in [4.69, 9.17) is 16.3 Å². The average molecular weight is 289 g/mol. The van der Waals surface area contributed by atoms with Gasteiger partial charge in [0.15, 0.2) is 0 Å². The Morgan fingerprint density at radius 2 is 1.95 bits per heavy atom. The maximum Gasteiger partial charge on any atom is 0.122 e. The van der Waals surface area contributed by atoms with Gasteiger partial charge in [0.1, 0.15) is 12.4 Å². The van der Waals surface area contributed by atoms with Crippen molar-refractivity contribution in [1.29, 1.82) is 0 Å². The van der Waals surface area contributed by atoms with E-state index in [9.17, 15) is 0 Å². The lowest BCUT2D eigenvalue weighted by Crippen LogP contribution is -1.94. The van der Waals surface area contributed by atoms with Gasteiger partial charge in [-0.25, -0.2) is 0 Å². The van der Waals surface area contributed by atoms with Gasteiger partial charge >= 0.3 is 0 Å². The van der Waals surface area contributed by atoms with Crippen molar-refractivity contribution in [2.75, 3.05) is 0 Å². The molecule has 3 aromatic rings. The summed E-state index contributed by atoms with van der Waals surface area (Å²) in [5, 5.41) is 1.91. The number of thiophene rings is 1. The smallest absolute Gasteiger partial charge is 0.122 e. The first-order chi connectivity index (χ1) is 9.24. The Morgan fingerprint density at radius 3 is 2.74 bits per heavy atom. The van der Waals surface area contributed by atoms with Crippen LogP contribution in [-0.4, -0.2) is 0 Å². The number of fused-ring (bicyclic) bond motifs is 1. The summed E-state index contributed by atoms with van der Waals surface area (Å²) in [6.45, 7) is 2.64. The molecule has 0 unspecified atom stereocenters. The molecule has 0 aliphatic heterocycles. The van der Waals surface area contributed by atoms with Crippen LogP contribution in [0.25, 0.3) is 10.1 Å². The van der Waals surface area contributed by atoms with Crippen LogP contribution in [0.3, 0.4) is 0 Å². The minimum Gasteiger partial charge on any atom is -0.488 e. The van der Waals surface area contributed by atoms with E-state index in [0.29, 0.717) is 6.61 Å². The number of para-hydroxylation sites is 1.